The SMILES string of the molecule is CC(=NCCC[C@H](NC(=O)[C@@H](NC(=O)[C@@H]1CCCN1C(=O)[C@@H](Cc1ccccc1)NC(=O)[C@H](CC(C)C)NC(=O)[C@H](CCCN=C(C)C1=C(O)CC(C)(C)CC1=O)NC(=O)[C@@H](NC(=O)[C@@H]1CCCN1C(=O)[C@@H](Cc1ccccc1)NC(=O)[C@@H](N)CC(C)C)C(C)C)C(C)C)C(=O)O)C1=C(O)CC(C)(C)CC1=O. The van der Waals surface area contributed by atoms with Crippen LogP contribution < -0.4 is 43.0 Å². The van der Waals surface area contributed by atoms with Crippen LogP contribution in [0.1, 0.15) is 198 Å². The smallest absolute Gasteiger partial charge is 0.326 e. The molecule has 0 spiro atoms. The molecule has 2 aliphatic carbocycles. The Labute approximate surface area is 630 Å². The van der Waals surface area contributed by atoms with Crippen molar-refractivity contribution >= 4 is 82.1 Å². The predicted octanol–water partition coefficient (Wildman–Crippen LogP) is 6.55. The Kier molecular flexibility index (Phi) is 32.1. The number of likely N-dealkylation sites (tertiary alicyclic amines) is 2. The van der Waals surface area contributed by atoms with Crippen molar-refractivity contribution in [3.63, 3.8) is 0 Å². The number of nitrogens with two attached hydrogens (primary N) is 1. The van der Waals surface area contributed by atoms with E-state index in [0.29, 0.717) is 42.7 Å². The third-order valence-corrected chi connectivity index (χ3v) is 20.0. The average molecular weight is 1490 g/mol. The van der Waals surface area contributed by atoms with Crippen LogP contribution in [0, 0.1) is 34.5 Å². The topological polar surface area (TPSA) is 407 Å². The Balaban J connectivity index is 1.21. The molecule has 10 atom stereocenters. The largest absolute Gasteiger partial charge is 0.511 e. The van der Waals surface area contributed by atoms with Crippen molar-refractivity contribution in [1.82, 2.24) is 47.0 Å². The van der Waals surface area contributed by atoms with Gasteiger partial charge in [0, 0.05) is 76.1 Å². The van der Waals surface area contributed by atoms with E-state index in [4.69, 9.17) is 5.73 Å². The monoisotopic (exact) mass is 1490 g/mol. The average Bonchev–Trinajstić information content (AvgIpc) is 1.47. The van der Waals surface area contributed by atoms with Gasteiger partial charge in [0.25, 0.3) is 0 Å². The van der Waals surface area contributed by atoms with Gasteiger partial charge in [-0.3, -0.25) is 62.7 Å². The number of Topliss-reactive ketones (excluding diaryl/α,β-unsaturated/α-hetero) is 2. The first kappa shape index (κ1) is 86.8. The van der Waals surface area contributed by atoms with Crippen molar-refractivity contribution in [2.45, 2.75) is 260 Å². The normalized spacial score (nSPS) is 19.9. The highest BCUT2D eigenvalue weighted by atomic mass is 16.4. The molecular weight excluding hydrogens is 1370 g/mol. The van der Waals surface area contributed by atoms with Crippen LogP contribution in [0.25, 0.3) is 0 Å². The van der Waals surface area contributed by atoms with Crippen LogP contribution in [0.4, 0.5) is 0 Å². The van der Waals surface area contributed by atoms with Gasteiger partial charge in [-0.15, -0.1) is 0 Å². The van der Waals surface area contributed by atoms with E-state index in [0.717, 1.165) is 5.56 Å². The van der Waals surface area contributed by atoms with Crippen LogP contribution in [0.15, 0.2) is 93.3 Å². The van der Waals surface area contributed by atoms with Gasteiger partial charge in [0.05, 0.1) is 17.2 Å². The van der Waals surface area contributed by atoms with E-state index in [1.165, 1.54) is 9.80 Å². The van der Waals surface area contributed by atoms with Gasteiger partial charge in [-0.05, 0) is 124 Å². The van der Waals surface area contributed by atoms with Gasteiger partial charge in [-0.1, -0.05) is 144 Å². The molecule has 4 aliphatic rings. The number of ketones is 2. The molecule has 2 saturated heterocycles. The number of nitrogens with one attached hydrogen (secondary N) is 7. The fourth-order valence-corrected chi connectivity index (χ4v) is 14.5. The molecule has 6 rings (SSSR count). The lowest BCUT2D eigenvalue weighted by atomic mass is 9.76. The van der Waals surface area contributed by atoms with Crippen LogP contribution in [-0.4, -0.2) is 194 Å². The molecule has 588 valence electrons. The maximum absolute atomic E-state index is 15.2. The molecule has 0 unspecified atom stereocenters. The number of carbonyl (C=O) groups is 12. The summed E-state index contributed by atoms with van der Waals surface area (Å²) in [7, 11) is 0. The summed E-state index contributed by atoms with van der Waals surface area (Å²) in [6.07, 6.45) is 2.86. The zero-order valence-corrected chi connectivity index (χ0v) is 65.1. The zero-order valence-electron chi connectivity index (χ0n) is 65.1. The van der Waals surface area contributed by atoms with Crippen molar-refractivity contribution < 1.29 is 72.9 Å². The Morgan fingerprint density at radius 3 is 1.24 bits per heavy atom. The Bertz CT molecular complexity index is 3660. The van der Waals surface area contributed by atoms with E-state index in [2.05, 4.69) is 47.2 Å². The number of aliphatic imine (C=N–C) groups is 2. The molecule has 2 fully saturated rings. The minimum Gasteiger partial charge on any atom is -0.511 e. The van der Waals surface area contributed by atoms with Crippen molar-refractivity contribution in [1.29, 1.82) is 0 Å². The standard InChI is InChI=1S/C80H118N12O15/c1-45(2)37-53(81)69(97)87-57(39-51-25-17-15-18-26-51)76(104)91-35-23-31-59(91)72(100)89-67(47(5)6)74(102)84-54(29-21-33-82-49(9)65-61(93)41-79(11,12)42-62(65)94)70(98)86-56(38-46(3)4)71(99)88-58(40-52-27-19-16-20-28-52)77(105)92-36-24-32-60(92)73(101)90-68(48(7)8)75(103)85-55(78(106)107)30-22-34-83-50(10)66-63(95)43-80(13,14)44-64(66)96/h15-20,25-28,45-48,53-60,67-68,93,95H,21-24,29-44,81H2,1-14H3,(H,84,102)(H,85,103)(H,86,98)(H,87,97)(H,88,99)(H,89,100)(H,90,101)(H,106,107)/t53-,54-,55-,56-,57+,58+,59-,60-,67-,68-/m0/s1. The minimum atomic E-state index is -1.40. The van der Waals surface area contributed by atoms with Crippen molar-refractivity contribution in [3.8, 4) is 0 Å². The highest BCUT2D eigenvalue weighted by Gasteiger charge is 2.44. The molecule has 27 heteroatoms. The van der Waals surface area contributed by atoms with Crippen LogP contribution in [-0.2, 0) is 70.4 Å². The summed E-state index contributed by atoms with van der Waals surface area (Å²) in [5, 5.41) is 51.5. The van der Waals surface area contributed by atoms with Crippen molar-refractivity contribution in [3.05, 3.63) is 94.5 Å². The number of allylic oxidation sites excluding steroid dienone is 4. The molecular formula is C80H118N12O15. The number of hydrogen-bond acceptors (Lipinski definition) is 17. The number of aliphatic hydroxyl groups is 2. The first-order valence-electron chi connectivity index (χ1n) is 38.0. The Morgan fingerprint density at radius 1 is 0.495 bits per heavy atom. The van der Waals surface area contributed by atoms with Gasteiger partial charge < -0.3 is 68.1 Å². The molecule has 107 heavy (non-hydrogen) atoms. The van der Waals surface area contributed by atoms with Crippen molar-refractivity contribution in [2.24, 2.45) is 50.2 Å². The molecule has 12 N–H and O–H groups in total. The van der Waals surface area contributed by atoms with Gasteiger partial charge in [-0.25, -0.2) is 4.79 Å². The molecule has 2 aromatic rings. The van der Waals surface area contributed by atoms with E-state index < -0.39 is 142 Å². The number of nitrogens with zero attached hydrogens (tertiary/aromatic N) is 4. The summed E-state index contributed by atoms with van der Waals surface area (Å²) in [6.45, 7) is 25.4. The third kappa shape index (κ3) is 25.5. The van der Waals surface area contributed by atoms with Crippen LogP contribution in [0.5, 0.6) is 0 Å². The highest BCUT2D eigenvalue weighted by molar-refractivity contribution is 6.23. The predicted molar refractivity (Wildman–Crippen MR) is 407 cm³/mol. The van der Waals surface area contributed by atoms with Gasteiger partial charge in [0.2, 0.25) is 53.2 Å². The second-order valence-electron chi connectivity index (χ2n) is 32.5. The number of carboxylic acids is 1. The quantitative estimate of drug-likeness (QED) is 0.0252. The van der Waals surface area contributed by atoms with Gasteiger partial charge in [0.1, 0.15) is 65.9 Å². The van der Waals surface area contributed by atoms with Crippen LogP contribution in [0.2, 0.25) is 0 Å². The number of carboxylic acid groups (broad SMARTS) is 1. The number of carbonyl (C=O) groups excluding carboxylic acids is 11. The third-order valence-electron chi connectivity index (χ3n) is 20.0. The second kappa shape index (κ2) is 39.6. The lowest BCUT2D eigenvalue weighted by Crippen LogP contribution is -2.61. The molecule has 0 aromatic heterocycles. The molecule has 9 amide bonds. The molecule has 2 aliphatic heterocycles. The first-order valence-corrected chi connectivity index (χ1v) is 38.0. The maximum Gasteiger partial charge on any atom is 0.326 e. The van der Waals surface area contributed by atoms with Crippen molar-refractivity contribution in [2.75, 3.05) is 26.2 Å². The van der Waals surface area contributed by atoms with E-state index >= 15 is 14.4 Å². The molecule has 0 radical (unpaired) electrons. The number of aliphatic carboxylic acids is 1. The number of hydrogen-bond donors (Lipinski definition) is 11. The number of rotatable bonds is 37. The summed E-state index contributed by atoms with van der Waals surface area (Å²) >= 11 is 0. The van der Waals surface area contributed by atoms with E-state index in [1.807, 2.05) is 85.7 Å². The summed E-state index contributed by atoms with van der Waals surface area (Å²) < 4.78 is 0. The zero-order chi connectivity index (χ0) is 79.4. The minimum absolute atomic E-state index is 0.0317. The number of benzene rings is 2. The van der Waals surface area contributed by atoms with E-state index in [9.17, 15) is 58.5 Å². The summed E-state index contributed by atoms with van der Waals surface area (Å²) in [6, 6.07) is 5.82. The highest BCUT2D eigenvalue weighted by Crippen LogP contribution is 2.38. The van der Waals surface area contributed by atoms with Gasteiger partial charge >= 0.3 is 5.97 Å². The number of amides is 9. The van der Waals surface area contributed by atoms with Gasteiger partial charge in [0.15, 0.2) is 11.6 Å². The maximum atomic E-state index is 15.2. The molecule has 2 heterocycles. The lowest BCUT2D eigenvalue weighted by molar-refractivity contribution is -0.144. The molecule has 0 bridgehead atoms. The summed E-state index contributed by atoms with van der Waals surface area (Å²) in [5.41, 5.74) is 7.74. The molecule has 0 saturated carbocycles. The van der Waals surface area contributed by atoms with Gasteiger partial charge in [-0.2, -0.15) is 0 Å². The van der Waals surface area contributed by atoms with Crippen LogP contribution in [0.3, 0.4) is 0 Å². The summed E-state index contributed by atoms with van der Waals surface area (Å²) in [5.74, 6) is -9.34. The number of aliphatic hydroxyl groups excluding tert-OH is 2. The Hall–Kier alpha value is -9.14. The summed E-state index contributed by atoms with van der Waals surface area (Å²) in [4.78, 5) is 182. The molecule has 2 aromatic carbocycles. The second-order valence-corrected chi connectivity index (χ2v) is 32.5. The van der Waals surface area contributed by atoms with E-state index in [1.54, 1.807) is 71.9 Å². The fraction of sp³-hybridized carbons (Fsp3) is 0.625. The van der Waals surface area contributed by atoms with Crippen LogP contribution >= 0.6 is 0 Å². The lowest BCUT2D eigenvalue weighted by Gasteiger charge is -2.32. The first-order chi connectivity index (χ1) is 50.3. The van der Waals surface area contributed by atoms with E-state index in [-0.39, 0.29) is 149 Å². The Morgan fingerprint density at radius 2 is 0.860 bits per heavy atom. The molecule has 27 nitrogen and oxygen atoms in total. The fourth-order valence-electron chi connectivity index (χ4n) is 14.5.